The second-order valence-electron chi connectivity index (χ2n) is 9.61. The minimum atomic E-state index is -3.94. The largest absolute Gasteiger partial charge is 0.457 e. The van der Waals surface area contributed by atoms with Gasteiger partial charge in [0.15, 0.2) is 0 Å². The summed E-state index contributed by atoms with van der Waals surface area (Å²) in [7, 11) is -2.49. The summed E-state index contributed by atoms with van der Waals surface area (Å²) in [5.41, 5.74) is 1.21. The molecule has 0 unspecified atom stereocenters. The van der Waals surface area contributed by atoms with Gasteiger partial charge >= 0.3 is 0 Å². The molecular weight excluding hydrogens is 557 g/mol. The molecule has 4 aromatic carbocycles. The zero-order chi connectivity index (χ0) is 30.1. The van der Waals surface area contributed by atoms with Crippen molar-refractivity contribution in [3.63, 3.8) is 0 Å². The third-order valence-electron chi connectivity index (χ3n) is 6.60. The number of benzene rings is 4. The normalized spacial score (nSPS) is 11.8. The fraction of sp³-hybridized carbons (Fsp3) is 0.188. The van der Waals surface area contributed by atoms with E-state index in [9.17, 15) is 22.4 Å². The van der Waals surface area contributed by atoms with Gasteiger partial charge in [-0.05, 0) is 48.0 Å². The van der Waals surface area contributed by atoms with Crippen LogP contribution >= 0.6 is 0 Å². The van der Waals surface area contributed by atoms with Gasteiger partial charge in [0.25, 0.3) is 0 Å². The number of hydrogen-bond donors (Lipinski definition) is 1. The van der Waals surface area contributed by atoms with Crippen LogP contribution in [-0.2, 0) is 32.6 Å². The number of carbonyl (C=O) groups is 2. The van der Waals surface area contributed by atoms with Gasteiger partial charge in [-0.25, -0.2) is 12.8 Å². The van der Waals surface area contributed by atoms with Crippen molar-refractivity contribution in [2.75, 3.05) is 24.2 Å². The Balaban J connectivity index is 1.66. The van der Waals surface area contributed by atoms with Gasteiger partial charge in [0.05, 0.1) is 11.9 Å². The van der Waals surface area contributed by atoms with E-state index >= 15 is 0 Å². The van der Waals surface area contributed by atoms with Crippen LogP contribution in [0, 0.1) is 5.82 Å². The maximum Gasteiger partial charge on any atom is 0.244 e. The second kappa shape index (κ2) is 13.8. The van der Waals surface area contributed by atoms with Crippen molar-refractivity contribution in [3.05, 3.63) is 126 Å². The van der Waals surface area contributed by atoms with Crippen molar-refractivity contribution in [2.45, 2.75) is 19.0 Å². The highest BCUT2D eigenvalue weighted by molar-refractivity contribution is 7.92. The molecule has 0 spiro atoms. The Kier molecular flexibility index (Phi) is 9.93. The molecular formula is C32H32FN3O5S. The lowest BCUT2D eigenvalue weighted by molar-refractivity contribution is -0.139. The SMILES string of the molecule is CNC(=O)[C@H](Cc1ccccc1)N(Cc1ccccc1F)C(=O)CN(c1ccc(Oc2ccccc2)cc1)S(C)(=O)=O. The Bertz CT molecular complexity index is 1600. The van der Waals surface area contributed by atoms with Crippen molar-refractivity contribution < 1.29 is 27.1 Å². The molecule has 8 nitrogen and oxygen atoms in total. The Morgan fingerprint density at radius 2 is 1.40 bits per heavy atom. The Labute approximate surface area is 245 Å². The van der Waals surface area contributed by atoms with Gasteiger partial charge in [-0.1, -0.05) is 66.7 Å². The van der Waals surface area contributed by atoms with Crippen LogP contribution in [0.2, 0.25) is 0 Å². The fourth-order valence-corrected chi connectivity index (χ4v) is 5.30. The topological polar surface area (TPSA) is 96.0 Å². The van der Waals surface area contributed by atoms with E-state index in [0.29, 0.717) is 11.5 Å². The first-order valence-corrected chi connectivity index (χ1v) is 15.1. The number of hydrogen-bond acceptors (Lipinski definition) is 5. The molecule has 1 atom stereocenters. The lowest BCUT2D eigenvalue weighted by atomic mass is 10.0. The molecule has 4 aromatic rings. The minimum Gasteiger partial charge on any atom is -0.457 e. The van der Waals surface area contributed by atoms with Crippen LogP contribution < -0.4 is 14.4 Å². The average molecular weight is 590 g/mol. The Hall–Kier alpha value is -4.70. The lowest BCUT2D eigenvalue weighted by Crippen LogP contribution is -2.53. The summed E-state index contributed by atoms with van der Waals surface area (Å²) < 4.78 is 47.3. The van der Waals surface area contributed by atoms with Crippen molar-refractivity contribution in [1.82, 2.24) is 10.2 Å². The summed E-state index contributed by atoms with van der Waals surface area (Å²) in [6, 6.07) is 29.4. The maximum atomic E-state index is 14.7. The molecule has 42 heavy (non-hydrogen) atoms. The minimum absolute atomic E-state index is 0.144. The van der Waals surface area contributed by atoms with Crippen molar-refractivity contribution in [3.8, 4) is 11.5 Å². The van der Waals surface area contributed by atoms with E-state index in [2.05, 4.69) is 5.32 Å². The van der Waals surface area contributed by atoms with Crippen molar-refractivity contribution in [2.24, 2.45) is 0 Å². The number of ether oxygens (including phenoxy) is 1. The van der Waals surface area contributed by atoms with Gasteiger partial charge in [0, 0.05) is 25.6 Å². The zero-order valence-electron chi connectivity index (χ0n) is 23.3. The number of sulfonamides is 1. The number of amides is 2. The first-order chi connectivity index (χ1) is 20.2. The monoisotopic (exact) mass is 589 g/mol. The molecule has 0 heterocycles. The molecule has 4 rings (SSSR count). The molecule has 218 valence electrons. The van der Waals surface area contributed by atoms with Crippen LogP contribution in [0.1, 0.15) is 11.1 Å². The molecule has 0 aromatic heterocycles. The van der Waals surface area contributed by atoms with Crippen LogP contribution in [0.25, 0.3) is 0 Å². The number of nitrogens with one attached hydrogen (secondary N) is 1. The summed E-state index contributed by atoms with van der Waals surface area (Å²) in [5.74, 6) is -0.578. The van der Waals surface area contributed by atoms with Gasteiger partial charge in [-0.2, -0.15) is 0 Å². The molecule has 0 aliphatic carbocycles. The predicted molar refractivity (Wildman–Crippen MR) is 160 cm³/mol. The molecule has 0 aliphatic rings. The quantitative estimate of drug-likeness (QED) is 0.257. The number of anilines is 1. The van der Waals surface area contributed by atoms with Crippen LogP contribution in [-0.4, -0.2) is 51.0 Å². The van der Waals surface area contributed by atoms with Gasteiger partial charge in [-0.3, -0.25) is 13.9 Å². The fourth-order valence-electron chi connectivity index (χ4n) is 4.45. The van der Waals surface area contributed by atoms with E-state index in [0.717, 1.165) is 16.1 Å². The summed E-state index contributed by atoms with van der Waals surface area (Å²) >= 11 is 0. The molecule has 1 N–H and O–H groups in total. The maximum absolute atomic E-state index is 14.7. The van der Waals surface area contributed by atoms with E-state index in [1.165, 1.54) is 42.3 Å². The summed E-state index contributed by atoms with van der Waals surface area (Å²) in [6.07, 6.45) is 1.14. The highest BCUT2D eigenvalue weighted by Crippen LogP contribution is 2.26. The third kappa shape index (κ3) is 7.94. The summed E-state index contributed by atoms with van der Waals surface area (Å²) in [6.45, 7) is -0.841. The first-order valence-electron chi connectivity index (χ1n) is 13.2. The highest BCUT2D eigenvalue weighted by Gasteiger charge is 2.33. The van der Waals surface area contributed by atoms with Crippen LogP contribution in [0.4, 0.5) is 10.1 Å². The second-order valence-corrected chi connectivity index (χ2v) is 11.5. The smallest absolute Gasteiger partial charge is 0.244 e. The molecule has 0 saturated carbocycles. The number of nitrogens with zero attached hydrogens (tertiary/aromatic N) is 2. The van der Waals surface area contributed by atoms with Crippen LogP contribution in [0.5, 0.6) is 11.5 Å². The zero-order valence-corrected chi connectivity index (χ0v) is 24.1. The van der Waals surface area contributed by atoms with E-state index in [4.69, 9.17) is 4.74 Å². The Morgan fingerprint density at radius 1 is 0.833 bits per heavy atom. The van der Waals surface area contributed by atoms with Crippen molar-refractivity contribution >= 4 is 27.5 Å². The molecule has 0 saturated heterocycles. The van der Waals surface area contributed by atoms with Crippen molar-refractivity contribution in [1.29, 1.82) is 0 Å². The average Bonchev–Trinajstić information content (AvgIpc) is 2.99. The summed E-state index contributed by atoms with van der Waals surface area (Å²) in [4.78, 5) is 28.3. The Morgan fingerprint density at radius 3 is 2.00 bits per heavy atom. The van der Waals surface area contributed by atoms with Crippen LogP contribution in [0.15, 0.2) is 109 Å². The number of halogens is 1. The van der Waals surface area contributed by atoms with E-state index < -0.39 is 40.2 Å². The van der Waals surface area contributed by atoms with E-state index in [-0.39, 0.29) is 24.2 Å². The van der Waals surface area contributed by atoms with Crippen LogP contribution in [0.3, 0.4) is 0 Å². The highest BCUT2D eigenvalue weighted by atomic mass is 32.2. The van der Waals surface area contributed by atoms with Gasteiger partial charge < -0.3 is 15.0 Å². The number of carbonyl (C=O) groups excluding carboxylic acids is 2. The molecule has 10 heteroatoms. The molecule has 2 amide bonds. The van der Waals surface area contributed by atoms with Gasteiger partial charge in [-0.15, -0.1) is 0 Å². The summed E-state index contributed by atoms with van der Waals surface area (Å²) in [5, 5.41) is 2.59. The van der Waals surface area contributed by atoms with Gasteiger partial charge in [0.2, 0.25) is 21.8 Å². The number of likely N-dealkylation sites (N-methyl/N-ethyl adjacent to an activating group) is 1. The molecule has 0 aliphatic heterocycles. The molecule has 0 radical (unpaired) electrons. The lowest BCUT2D eigenvalue weighted by Gasteiger charge is -2.33. The molecule has 0 fully saturated rings. The van der Waals surface area contributed by atoms with Gasteiger partial charge in [0.1, 0.15) is 29.9 Å². The first kappa shape index (κ1) is 30.3. The third-order valence-corrected chi connectivity index (χ3v) is 7.74. The predicted octanol–water partition coefficient (Wildman–Crippen LogP) is 4.77. The van der Waals surface area contributed by atoms with E-state index in [1.54, 1.807) is 30.3 Å². The standard InChI is InChI=1S/C32H32FN3O5S/c1-34-32(38)30(21-24-11-5-3-6-12-24)35(22-25-13-9-10-16-29(25)33)31(37)23-36(42(2,39)40)26-17-19-28(20-18-26)41-27-14-7-4-8-15-27/h3-20,30H,21-23H2,1-2H3,(H,34,38)/t30-/m0/s1. The van der Waals surface area contributed by atoms with E-state index in [1.807, 2.05) is 48.5 Å². The number of para-hydroxylation sites is 1. The number of rotatable bonds is 12. The molecule has 0 bridgehead atoms.